The summed E-state index contributed by atoms with van der Waals surface area (Å²) < 4.78 is 128. The number of hydrogen-bond donors (Lipinski definition) is 8. The molecule has 31 nitrogen and oxygen atoms in total. The molecule has 2 heterocycles. The van der Waals surface area contributed by atoms with Gasteiger partial charge in [0.25, 0.3) is 10.1 Å². The molecule has 0 saturated heterocycles. The summed E-state index contributed by atoms with van der Waals surface area (Å²) in [5.41, 5.74) is 8.67. The Morgan fingerprint density at radius 1 is 0.655 bits per heavy atom. The van der Waals surface area contributed by atoms with Crippen LogP contribution in [-0.2, 0) is 103 Å². The number of carbonyl (C=O) groups excluding carboxylic acids is 6. The van der Waals surface area contributed by atoms with E-state index in [0.717, 1.165) is 63.5 Å². The van der Waals surface area contributed by atoms with E-state index >= 15 is 0 Å². The standard InChI is InChI=1S/C77H98N6O17S2.CO2.2O3S/c1-76(2)61-28-13-15-30-65(61)82(45-17-19-47-101(94,95)96)68(76)42-36-55-25-21-26-56(37-43-69-77(3,4)62-29-14-16-31-66(62)83(69)46-18-20-48-102(97,98)99)72(55)100-60-39-34-54(35-40-60)49-57(73(89)90)51-67(85)64(50-53-23-9-8-10-24-53)80-70(86)32-12-7-5-6-11-27-58(78)52-59(84)38-41-63(74(91)92)81-75(93)79-44-22-33-71(87)88;2-1-3;2*1-4(2)3/h8-10,13-16,23-24,28-31,34-37,39-40,42-43,57,63-64,78H,5-7,11-12,17-22,25-27,32-33,38,41,44-52H2,1-4H3,(H7-,79,80,81,86,87,88,89,90,91,92,93,94,95,96,97,98,99);;;/t57-,63+,64+;;;/m1.../s1. The number of aliphatic carboxylic acids is 3. The molecule has 3 aliphatic rings. The number of Topliss-reactive ketones (excluding diaryl/α,β-unsaturated/α-hetero) is 2. The van der Waals surface area contributed by atoms with Gasteiger partial charge in [0.15, 0.2) is 11.5 Å². The number of benzene rings is 4. The fourth-order valence-electron chi connectivity index (χ4n) is 13.4. The van der Waals surface area contributed by atoms with Gasteiger partial charge in [-0.05, 0) is 156 Å². The number of carboxylic acids is 3. The van der Waals surface area contributed by atoms with E-state index in [-0.39, 0.29) is 106 Å². The third kappa shape index (κ3) is 34.3. The minimum atomic E-state index is -4.39. The number of rotatable bonds is 43. The molecule has 0 unspecified atom stereocenters. The molecule has 35 heteroatoms. The Kier molecular flexibility index (Phi) is 39.8. The van der Waals surface area contributed by atoms with E-state index in [2.05, 4.69) is 95.6 Å². The van der Waals surface area contributed by atoms with Crippen LogP contribution >= 0.6 is 0 Å². The zero-order chi connectivity index (χ0) is 84.1. The molecular weight excluding hydrogens is 1550 g/mol. The van der Waals surface area contributed by atoms with Crippen molar-refractivity contribution in [2.45, 2.75) is 192 Å². The van der Waals surface area contributed by atoms with Crippen molar-refractivity contribution in [3.8, 4) is 5.75 Å². The number of urea groups is 1. The maximum absolute atomic E-state index is 14.3. The lowest BCUT2D eigenvalue weighted by molar-refractivity contribution is -0.438. The summed E-state index contributed by atoms with van der Waals surface area (Å²) in [6, 6.07) is 29.3. The van der Waals surface area contributed by atoms with Crippen LogP contribution in [0.5, 0.6) is 5.75 Å². The Bertz CT molecular complexity index is 4650. The lowest BCUT2D eigenvalue weighted by Crippen LogP contribution is -2.46. The number of para-hydroxylation sites is 2. The molecule has 4 aromatic rings. The van der Waals surface area contributed by atoms with Crippen LogP contribution in [0.2, 0.25) is 0 Å². The van der Waals surface area contributed by atoms with Crippen molar-refractivity contribution >= 4 is 112 Å². The van der Waals surface area contributed by atoms with Crippen molar-refractivity contribution in [2.75, 3.05) is 36.0 Å². The number of amides is 3. The van der Waals surface area contributed by atoms with Crippen LogP contribution in [0.25, 0.3) is 0 Å². The summed E-state index contributed by atoms with van der Waals surface area (Å²) in [5.74, 6) is -5.53. The van der Waals surface area contributed by atoms with E-state index in [9.17, 15) is 69.7 Å². The van der Waals surface area contributed by atoms with Gasteiger partial charge in [0.1, 0.15) is 29.9 Å². The minimum Gasteiger partial charge on any atom is -0.748 e. The van der Waals surface area contributed by atoms with Gasteiger partial charge in [-0.3, -0.25) is 28.5 Å². The molecule has 2 aliphatic heterocycles. The summed E-state index contributed by atoms with van der Waals surface area (Å²) in [6.45, 7) is 9.59. The monoisotopic (exact) mass is 1650 g/mol. The van der Waals surface area contributed by atoms with Gasteiger partial charge in [0.05, 0.1) is 33.2 Å². The fraction of sp³-hybridized carbons (Fsp3) is 0.462. The van der Waals surface area contributed by atoms with Crippen LogP contribution in [0, 0.1) is 11.3 Å². The number of unbranched alkanes of at least 4 members (excludes halogenated alkanes) is 6. The quantitative estimate of drug-likeness (QED) is 0.00885. The highest BCUT2D eigenvalue weighted by atomic mass is 32.2. The van der Waals surface area contributed by atoms with E-state index in [1.54, 1.807) is 24.3 Å². The third-order valence-electron chi connectivity index (χ3n) is 18.9. The first-order chi connectivity index (χ1) is 53.3. The molecule has 614 valence electrons. The second-order valence-corrected chi connectivity index (χ2v) is 32.0. The smallest absolute Gasteiger partial charge is 0.425 e. The molecule has 0 radical (unpaired) electrons. The SMILES string of the molecule is CC1(C)C(=CC=C2CCCC(C=CC3=[N+](CCCCS(=O)(=O)O)c4ccccc4C3(C)C)=C2Oc2ccc(C[C@H](CC(=O)[C@H](Cc3ccccc3)NC(=O)CCCCCCCC(=N)CC(=O)CC[C@H](NC(=O)NCCCC(=O)O)C(=O)O)C(=O)O)cc2)N(CCCCS(=O)(=O)[O-])c2ccccc21.O=C=O.O=S(=O)=O.O=S(=O)=O. The summed E-state index contributed by atoms with van der Waals surface area (Å²) in [4.78, 5) is 106. The third-order valence-corrected chi connectivity index (χ3v) is 20.5. The van der Waals surface area contributed by atoms with Gasteiger partial charge in [-0.25, -0.2) is 18.0 Å². The van der Waals surface area contributed by atoms with Crippen LogP contribution < -0.4 is 25.6 Å². The number of allylic oxidation sites excluding steroid dienone is 7. The van der Waals surface area contributed by atoms with E-state index in [1.807, 2.05) is 60.7 Å². The molecular formula is C78H98N6O25S4. The molecule has 1 aliphatic carbocycles. The molecule has 3 amide bonds. The van der Waals surface area contributed by atoms with E-state index < -0.39 is 106 Å². The zero-order valence-electron chi connectivity index (χ0n) is 63.3. The molecule has 0 spiro atoms. The maximum Gasteiger partial charge on any atom is 0.425 e. The van der Waals surface area contributed by atoms with Crippen molar-refractivity contribution < 1.29 is 119 Å². The lowest BCUT2D eigenvalue weighted by Gasteiger charge is -2.28. The average Bonchev–Trinajstić information content (AvgIpc) is 1.60. The Balaban J connectivity index is 0.00000229. The number of nitrogens with one attached hydrogen (secondary N) is 4. The molecule has 0 bridgehead atoms. The maximum atomic E-state index is 14.3. The number of carbonyl (C=O) groups is 7. The van der Waals surface area contributed by atoms with Crippen molar-refractivity contribution in [3.05, 3.63) is 172 Å². The number of fused-ring (bicyclic) bond motifs is 2. The predicted octanol–water partition coefficient (Wildman–Crippen LogP) is 9.18. The van der Waals surface area contributed by atoms with Crippen LogP contribution in [0.4, 0.5) is 16.2 Å². The summed E-state index contributed by atoms with van der Waals surface area (Å²) in [7, 11) is -14.8. The lowest BCUT2D eigenvalue weighted by atomic mass is 9.81. The number of carboxylic acid groups (broad SMARTS) is 3. The zero-order valence-corrected chi connectivity index (χ0v) is 66.6. The van der Waals surface area contributed by atoms with Crippen molar-refractivity contribution in [1.29, 1.82) is 5.41 Å². The number of hydrogen-bond acceptors (Lipinski definition) is 23. The van der Waals surface area contributed by atoms with Crippen molar-refractivity contribution in [1.82, 2.24) is 16.0 Å². The highest BCUT2D eigenvalue weighted by Crippen LogP contribution is 2.48. The molecule has 0 saturated carbocycles. The minimum absolute atomic E-state index is 0.00384. The van der Waals surface area contributed by atoms with Gasteiger partial charge in [0, 0.05) is 97.6 Å². The van der Waals surface area contributed by atoms with Crippen molar-refractivity contribution in [3.63, 3.8) is 0 Å². The van der Waals surface area contributed by atoms with Gasteiger partial charge in [0.2, 0.25) is 11.6 Å². The summed E-state index contributed by atoms with van der Waals surface area (Å²) in [6.07, 6.45) is 15.1. The second kappa shape index (κ2) is 47.3. The van der Waals surface area contributed by atoms with Gasteiger partial charge in [-0.15, -0.1) is 25.3 Å². The Morgan fingerprint density at radius 3 is 1.87 bits per heavy atom. The van der Waals surface area contributed by atoms with E-state index in [4.69, 9.17) is 50.1 Å². The highest BCUT2D eigenvalue weighted by molar-refractivity contribution is 7.85. The van der Waals surface area contributed by atoms with Crippen LogP contribution in [0.15, 0.2) is 150 Å². The first-order valence-electron chi connectivity index (χ1n) is 36.6. The Morgan fingerprint density at radius 2 is 1.25 bits per heavy atom. The Hall–Kier alpha value is -10.3. The van der Waals surface area contributed by atoms with Crippen LogP contribution in [-0.4, -0.2) is 173 Å². The first-order valence-corrected chi connectivity index (χ1v) is 41.7. The van der Waals surface area contributed by atoms with Gasteiger partial charge >= 0.3 is 51.3 Å². The topological polar surface area (TPSA) is 504 Å². The summed E-state index contributed by atoms with van der Waals surface area (Å²) in [5, 5.41) is 44.8. The van der Waals surface area contributed by atoms with Crippen molar-refractivity contribution in [2.24, 2.45) is 5.92 Å². The molecule has 0 fully saturated rings. The number of ketones is 2. The number of nitrogens with zero attached hydrogens (tertiary/aromatic N) is 2. The molecule has 7 rings (SSSR count). The molecule has 3 atom stereocenters. The number of anilines is 1. The molecule has 8 N–H and O–H groups in total. The average molecular weight is 1650 g/mol. The van der Waals surface area contributed by atoms with Gasteiger partial charge in [-0.2, -0.15) is 22.6 Å². The fourth-order valence-corrected chi connectivity index (χ4v) is 14.6. The first kappa shape index (κ1) is 95.1. The normalized spacial score (nSPS) is 15.4. The molecule has 4 aromatic carbocycles. The van der Waals surface area contributed by atoms with Crippen LogP contribution in [0.1, 0.15) is 178 Å². The van der Waals surface area contributed by atoms with Crippen LogP contribution in [0.3, 0.4) is 0 Å². The van der Waals surface area contributed by atoms with E-state index in [1.165, 1.54) is 0 Å². The Labute approximate surface area is 660 Å². The molecule has 113 heavy (non-hydrogen) atoms. The summed E-state index contributed by atoms with van der Waals surface area (Å²) >= 11 is 0. The number of ether oxygens (including phenoxy) is 1. The predicted molar refractivity (Wildman–Crippen MR) is 413 cm³/mol. The largest absolute Gasteiger partial charge is 0.748 e. The molecule has 0 aromatic heterocycles. The van der Waals surface area contributed by atoms with E-state index in [0.29, 0.717) is 87.9 Å². The van der Waals surface area contributed by atoms with Gasteiger partial charge < -0.3 is 50.9 Å². The second-order valence-electron chi connectivity index (χ2n) is 28.1. The van der Waals surface area contributed by atoms with Gasteiger partial charge in [-0.1, -0.05) is 118 Å². The highest BCUT2D eigenvalue weighted by Gasteiger charge is 2.44.